The minimum Gasteiger partial charge on any atom is -0.326 e. The Balaban J connectivity index is 2.22. The van der Waals surface area contributed by atoms with Gasteiger partial charge in [0.05, 0.1) is 19.7 Å². The minimum absolute atomic E-state index is 0.544. The Bertz CT molecular complexity index is 772. The summed E-state index contributed by atoms with van der Waals surface area (Å²) in [6.45, 7) is 3.69. The Kier molecular flexibility index (Phi) is 4.49. The van der Waals surface area contributed by atoms with Crippen molar-refractivity contribution < 1.29 is 0 Å². The summed E-state index contributed by atoms with van der Waals surface area (Å²) in [7, 11) is 0. The maximum absolute atomic E-state index is 5.73. The van der Waals surface area contributed by atoms with E-state index in [-0.39, 0.29) is 0 Å². The van der Waals surface area contributed by atoms with Gasteiger partial charge in [-0.3, -0.25) is 0 Å². The number of thiophene rings is 1. The Hall–Kier alpha value is -0.690. The van der Waals surface area contributed by atoms with Gasteiger partial charge in [-0.1, -0.05) is 13.0 Å². The van der Waals surface area contributed by atoms with Crippen molar-refractivity contribution in [2.75, 3.05) is 0 Å². The summed E-state index contributed by atoms with van der Waals surface area (Å²) in [6, 6.07) is 8.41. The monoisotopic (exact) mass is 427 g/mol. The number of fused-ring (bicyclic) bond motifs is 1. The van der Waals surface area contributed by atoms with E-state index >= 15 is 0 Å². The van der Waals surface area contributed by atoms with Crippen molar-refractivity contribution >= 4 is 54.2 Å². The average molecular weight is 429 g/mol. The van der Waals surface area contributed by atoms with Crippen LogP contribution in [0.5, 0.6) is 0 Å². The van der Waals surface area contributed by atoms with Crippen LogP contribution in [0.15, 0.2) is 32.5 Å². The Morgan fingerprint density at radius 2 is 2.10 bits per heavy atom. The number of nitrogens with zero attached hydrogens (tertiary/aromatic N) is 2. The number of hydrogen-bond acceptors (Lipinski definition) is 3. The van der Waals surface area contributed by atoms with Gasteiger partial charge in [-0.25, -0.2) is 4.98 Å². The van der Waals surface area contributed by atoms with Crippen molar-refractivity contribution in [2.24, 2.45) is 5.73 Å². The van der Waals surface area contributed by atoms with E-state index in [4.69, 9.17) is 10.7 Å². The summed E-state index contributed by atoms with van der Waals surface area (Å²) < 4.78 is 4.45. The first kappa shape index (κ1) is 15.2. The van der Waals surface area contributed by atoms with Gasteiger partial charge in [0.15, 0.2) is 5.82 Å². The average Bonchev–Trinajstić information content (AvgIpc) is 3.00. The summed E-state index contributed by atoms with van der Waals surface area (Å²) in [6.07, 6.45) is 1.07. The molecule has 1 aromatic carbocycles. The van der Waals surface area contributed by atoms with E-state index in [1.54, 1.807) is 11.3 Å². The lowest BCUT2D eigenvalue weighted by Crippen LogP contribution is -1.99. The normalized spacial score (nSPS) is 11.4. The van der Waals surface area contributed by atoms with E-state index < -0.39 is 0 Å². The number of benzene rings is 1. The molecule has 0 saturated carbocycles. The van der Waals surface area contributed by atoms with Gasteiger partial charge in [0.25, 0.3) is 0 Å². The highest BCUT2D eigenvalue weighted by atomic mass is 79.9. The molecule has 0 fully saturated rings. The summed E-state index contributed by atoms with van der Waals surface area (Å²) in [5.74, 6) is 1.03. The molecule has 2 N–H and O–H groups in total. The van der Waals surface area contributed by atoms with Gasteiger partial charge in [-0.2, -0.15) is 0 Å². The first-order valence-corrected chi connectivity index (χ1v) is 9.18. The highest BCUT2D eigenvalue weighted by Crippen LogP contribution is 2.39. The molecule has 0 aliphatic heterocycles. The molecule has 0 aliphatic carbocycles. The molecular formula is C15H15Br2N3S. The third-order valence-electron chi connectivity index (χ3n) is 3.36. The van der Waals surface area contributed by atoms with Crippen LogP contribution in [0.2, 0.25) is 0 Å². The fraction of sp³-hybridized carbons (Fsp3) is 0.267. The van der Waals surface area contributed by atoms with Gasteiger partial charge >= 0.3 is 0 Å². The second-order valence-electron chi connectivity index (χ2n) is 4.85. The number of nitrogens with two attached hydrogens (primary N) is 1. The third kappa shape index (κ3) is 2.82. The van der Waals surface area contributed by atoms with Crippen molar-refractivity contribution in [1.29, 1.82) is 0 Å². The van der Waals surface area contributed by atoms with Crippen molar-refractivity contribution in [3.05, 3.63) is 38.1 Å². The van der Waals surface area contributed by atoms with Gasteiger partial charge < -0.3 is 10.3 Å². The lowest BCUT2D eigenvalue weighted by atomic mass is 10.2. The molecule has 6 heteroatoms. The lowest BCUT2D eigenvalue weighted by molar-refractivity contribution is 0.705. The SMILES string of the molecule is CCCn1c(-c2cc(Br)c(Br)s2)nc2cc(CN)ccc21. The number of hydrogen-bond donors (Lipinski definition) is 1. The molecule has 0 radical (unpaired) electrons. The predicted molar refractivity (Wildman–Crippen MR) is 96.6 cm³/mol. The van der Waals surface area contributed by atoms with Crippen LogP contribution in [0, 0.1) is 0 Å². The zero-order valence-corrected chi connectivity index (χ0v) is 15.6. The predicted octanol–water partition coefficient (Wildman–Crippen LogP) is 5.16. The molecule has 3 nitrogen and oxygen atoms in total. The molecule has 0 atom stereocenters. The minimum atomic E-state index is 0.544. The summed E-state index contributed by atoms with van der Waals surface area (Å²) >= 11 is 8.81. The van der Waals surface area contributed by atoms with E-state index in [2.05, 4.69) is 67.6 Å². The first-order chi connectivity index (χ1) is 10.1. The fourth-order valence-electron chi connectivity index (χ4n) is 2.40. The van der Waals surface area contributed by atoms with Crippen LogP contribution in [-0.4, -0.2) is 9.55 Å². The number of halogens is 2. The van der Waals surface area contributed by atoms with Gasteiger partial charge in [0.2, 0.25) is 0 Å². The summed E-state index contributed by atoms with van der Waals surface area (Å²) in [4.78, 5) is 6.00. The number of rotatable bonds is 4. The Labute approximate surface area is 144 Å². The number of aromatic nitrogens is 2. The highest BCUT2D eigenvalue weighted by molar-refractivity contribution is 9.13. The third-order valence-corrected chi connectivity index (χ3v) is 6.61. The van der Waals surface area contributed by atoms with Crippen LogP contribution >= 0.6 is 43.2 Å². The molecule has 2 aromatic heterocycles. The Morgan fingerprint density at radius 1 is 1.29 bits per heavy atom. The maximum atomic E-state index is 5.73. The molecule has 3 aromatic rings. The maximum Gasteiger partial charge on any atom is 0.151 e. The van der Waals surface area contributed by atoms with Crippen molar-refractivity contribution in [3.8, 4) is 10.7 Å². The quantitative estimate of drug-likeness (QED) is 0.623. The molecule has 0 spiro atoms. The lowest BCUT2D eigenvalue weighted by Gasteiger charge is -2.06. The van der Waals surface area contributed by atoms with Gasteiger partial charge in [-0.05, 0) is 62.0 Å². The van der Waals surface area contributed by atoms with Crippen LogP contribution in [-0.2, 0) is 13.1 Å². The van der Waals surface area contributed by atoms with Crippen LogP contribution in [0.3, 0.4) is 0 Å². The van der Waals surface area contributed by atoms with Crippen molar-refractivity contribution in [3.63, 3.8) is 0 Å². The molecule has 0 amide bonds. The smallest absolute Gasteiger partial charge is 0.151 e. The molecule has 3 rings (SSSR count). The molecule has 2 heterocycles. The molecule has 0 aliphatic rings. The molecule has 0 bridgehead atoms. The van der Waals surface area contributed by atoms with E-state index in [9.17, 15) is 0 Å². The zero-order valence-electron chi connectivity index (χ0n) is 11.6. The second kappa shape index (κ2) is 6.20. The van der Waals surface area contributed by atoms with Crippen LogP contribution in [0.25, 0.3) is 21.7 Å². The van der Waals surface area contributed by atoms with E-state index in [1.807, 2.05) is 0 Å². The first-order valence-electron chi connectivity index (χ1n) is 6.78. The molecule has 0 unspecified atom stereocenters. The number of imidazole rings is 1. The fourth-order valence-corrected chi connectivity index (χ4v) is 4.43. The standard InChI is InChI=1S/C15H15Br2N3S/c1-2-5-20-12-4-3-9(8-18)6-11(12)19-15(20)13-7-10(16)14(17)21-13/h3-4,6-7H,2,5,8,18H2,1H3. The van der Waals surface area contributed by atoms with Gasteiger partial charge in [0, 0.05) is 17.6 Å². The van der Waals surface area contributed by atoms with Crippen molar-refractivity contribution in [2.45, 2.75) is 26.4 Å². The molecular weight excluding hydrogens is 414 g/mol. The van der Waals surface area contributed by atoms with E-state index in [0.29, 0.717) is 6.54 Å². The van der Waals surface area contributed by atoms with Gasteiger partial charge in [-0.15, -0.1) is 11.3 Å². The number of aryl methyl sites for hydroxylation is 1. The largest absolute Gasteiger partial charge is 0.326 e. The van der Waals surface area contributed by atoms with Crippen LogP contribution in [0.1, 0.15) is 18.9 Å². The molecule has 21 heavy (non-hydrogen) atoms. The Morgan fingerprint density at radius 3 is 2.71 bits per heavy atom. The summed E-state index contributed by atoms with van der Waals surface area (Å²) in [5.41, 5.74) is 9.04. The highest BCUT2D eigenvalue weighted by Gasteiger charge is 2.15. The van der Waals surface area contributed by atoms with E-state index in [1.165, 1.54) is 5.52 Å². The van der Waals surface area contributed by atoms with E-state index in [0.717, 1.165) is 43.0 Å². The van der Waals surface area contributed by atoms with Crippen LogP contribution in [0.4, 0.5) is 0 Å². The summed E-state index contributed by atoms with van der Waals surface area (Å²) in [5, 5.41) is 0. The second-order valence-corrected chi connectivity index (χ2v) is 8.07. The zero-order chi connectivity index (χ0) is 15.0. The topological polar surface area (TPSA) is 43.8 Å². The molecule has 0 saturated heterocycles. The van der Waals surface area contributed by atoms with Crippen molar-refractivity contribution in [1.82, 2.24) is 9.55 Å². The van der Waals surface area contributed by atoms with Gasteiger partial charge in [0.1, 0.15) is 0 Å². The van der Waals surface area contributed by atoms with Crippen LogP contribution < -0.4 is 5.73 Å². The molecule has 110 valence electrons.